The van der Waals surface area contributed by atoms with Crippen molar-refractivity contribution in [1.82, 2.24) is 0 Å². The van der Waals surface area contributed by atoms with E-state index in [2.05, 4.69) is 72.8 Å². The normalized spacial score (nSPS) is 14.2. The number of phosphoric ester groups is 2. The summed E-state index contributed by atoms with van der Waals surface area (Å²) in [6.07, 6.45) is 55.3. The lowest BCUT2D eigenvalue weighted by Crippen LogP contribution is -2.30. The van der Waals surface area contributed by atoms with Crippen molar-refractivity contribution in [3.05, 3.63) is 24.3 Å². The van der Waals surface area contributed by atoms with Gasteiger partial charge in [-0.3, -0.25) is 37.3 Å². The molecular formula is C76H144O17P2. The maximum atomic E-state index is 13.1. The fraction of sp³-hybridized carbons (Fsp3) is 0.895. The van der Waals surface area contributed by atoms with Crippen LogP contribution in [0, 0.1) is 17.8 Å². The standard InChI is InChI=1S/C76H144O17P2/c1-8-9-10-11-12-13-14-15-20-24-27-30-35-45-52-60-76(81)93-72(64-87-74(79)58-51-44-39-38-42-49-56-69(6)7)66-91-95(84,85)89-62-70(77)61-88-94(82,83)90-65-71(63-86-73(78)57-50-43-37-32-34-41-48-55-68(4)5)92-75(80)59-53-46-36-31-28-25-22-19-17-16-18-21-23-26-29-33-40-47-54-67(2)3/h13-15,20,67-72,77H,8-12,16-19,21-66H2,1-7H3,(H,82,83)(H,84,85)/b14-13-,20-15-/t70-,71-,72-/m1/s1. The summed E-state index contributed by atoms with van der Waals surface area (Å²) in [4.78, 5) is 72.7. The van der Waals surface area contributed by atoms with Gasteiger partial charge in [-0.2, -0.15) is 0 Å². The van der Waals surface area contributed by atoms with Crippen molar-refractivity contribution in [2.75, 3.05) is 39.6 Å². The minimum Gasteiger partial charge on any atom is -0.462 e. The van der Waals surface area contributed by atoms with E-state index >= 15 is 0 Å². The van der Waals surface area contributed by atoms with E-state index in [1.807, 2.05) is 0 Å². The van der Waals surface area contributed by atoms with Crippen LogP contribution in [0.5, 0.6) is 0 Å². The van der Waals surface area contributed by atoms with E-state index in [0.29, 0.717) is 37.5 Å². The van der Waals surface area contributed by atoms with Gasteiger partial charge in [-0.25, -0.2) is 9.13 Å². The summed E-state index contributed by atoms with van der Waals surface area (Å²) in [6.45, 7) is 11.7. The molecule has 19 heteroatoms. The van der Waals surface area contributed by atoms with Crippen LogP contribution < -0.4 is 0 Å². The summed E-state index contributed by atoms with van der Waals surface area (Å²) in [7, 11) is -9.92. The zero-order valence-electron chi connectivity index (χ0n) is 61.6. The Morgan fingerprint density at radius 3 is 0.853 bits per heavy atom. The Kier molecular flexibility index (Phi) is 64.4. The molecule has 17 nitrogen and oxygen atoms in total. The molecular weight excluding hydrogens is 1250 g/mol. The number of hydrogen-bond acceptors (Lipinski definition) is 15. The van der Waals surface area contributed by atoms with Gasteiger partial charge in [-0.1, -0.05) is 310 Å². The Bertz CT molecular complexity index is 1950. The van der Waals surface area contributed by atoms with Gasteiger partial charge in [-0.05, 0) is 69.1 Å². The first kappa shape index (κ1) is 92.5. The summed E-state index contributed by atoms with van der Waals surface area (Å²) in [5.74, 6) is 0.0451. The SMILES string of the molecule is CCCCCC/C=C\C=C/CCCCCCCC(=O)O[C@H](COC(=O)CCCCCCCCC(C)C)COP(=O)(O)OC[C@H](O)COP(=O)(O)OC[C@@H](COC(=O)CCCCCCCCCC(C)C)OC(=O)CCCCCCCCCCCCCCCCCCCCC(C)C. The van der Waals surface area contributed by atoms with Crippen LogP contribution in [-0.2, 0) is 65.4 Å². The summed E-state index contributed by atoms with van der Waals surface area (Å²) < 4.78 is 68.4. The first-order valence-electron chi connectivity index (χ1n) is 38.7. The molecule has 0 aromatic heterocycles. The average molecular weight is 1390 g/mol. The largest absolute Gasteiger partial charge is 0.472 e. The van der Waals surface area contributed by atoms with Gasteiger partial charge in [0.05, 0.1) is 26.4 Å². The van der Waals surface area contributed by atoms with Crippen molar-refractivity contribution in [2.24, 2.45) is 17.8 Å². The van der Waals surface area contributed by atoms with E-state index in [4.69, 9.17) is 37.0 Å². The highest BCUT2D eigenvalue weighted by Crippen LogP contribution is 2.45. The van der Waals surface area contributed by atoms with E-state index in [1.54, 1.807) is 0 Å². The highest BCUT2D eigenvalue weighted by atomic mass is 31.2. The van der Waals surface area contributed by atoms with Gasteiger partial charge in [0.15, 0.2) is 12.2 Å². The topological polar surface area (TPSA) is 237 Å². The molecule has 0 aliphatic carbocycles. The van der Waals surface area contributed by atoms with Crippen molar-refractivity contribution in [1.29, 1.82) is 0 Å². The number of unbranched alkanes of at least 4 members (excludes halogenated alkanes) is 37. The molecule has 0 radical (unpaired) electrons. The summed E-state index contributed by atoms with van der Waals surface area (Å²) in [5, 5.41) is 10.6. The number of ether oxygens (including phenoxy) is 4. The number of rotatable bonds is 72. The summed E-state index contributed by atoms with van der Waals surface area (Å²) in [5.41, 5.74) is 0. The van der Waals surface area contributed by atoms with Crippen LogP contribution in [0.4, 0.5) is 0 Å². The Balaban J connectivity index is 5.20. The number of carbonyl (C=O) groups excluding carboxylic acids is 4. The second kappa shape index (κ2) is 66.1. The van der Waals surface area contributed by atoms with Gasteiger partial charge in [0, 0.05) is 25.7 Å². The Labute approximate surface area is 580 Å². The third-order valence-corrected chi connectivity index (χ3v) is 18.9. The molecule has 0 spiro atoms. The zero-order valence-corrected chi connectivity index (χ0v) is 63.4. The zero-order chi connectivity index (χ0) is 70.1. The van der Waals surface area contributed by atoms with Crippen molar-refractivity contribution >= 4 is 39.5 Å². The lowest BCUT2D eigenvalue weighted by atomic mass is 10.0. The third-order valence-electron chi connectivity index (χ3n) is 17.0. The van der Waals surface area contributed by atoms with Gasteiger partial charge in [0.25, 0.3) is 0 Å². The van der Waals surface area contributed by atoms with E-state index in [-0.39, 0.29) is 25.7 Å². The molecule has 0 aromatic carbocycles. The molecule has 5 atom stereocenters. The molecule has 3 N–H and O–H groups in total. The lowest BCUT2D eigenvalue weighted by molar-refractivity contribution is -0.161. The number of phosphoric acid groups is 2. The van der Waals surface area contributed by atoms with Gasteiger partial charge in [0.2, 0.25) is 0 Å². The summed E-state index contributed by atoms with van der Waals surface area (Å²) in [6, 6.07) is 0. The Morgan fingerprint density at radius 1 is 0.326 bits per heavy atom. The predicted octanol–water partition coefficient (Wildman–Crippen LogP) is 21.7. The highest BCUT2D eigenvalue weighted by molar-refractivity contribution is 7.47. The molecule has 0 rings (SSSR count). The molecule has 0 fully saturated rings. The van der Waals surface area contributed by atoms with Crippen LogP contribution in [0.2, 0.25) is 0 Å². The minimum absolute atomic E-state index is 0.0836. The quantitative estimate of drug-likeness (QED) is 0.0169. The molecule has 0 heterocycles. The van der Waals surface area contributed by atoms with Crippen LogP contribution in [0.1, 0.15) is 363 Å². The summed E-state index contributed by atoms with van der Waals surface area (Å²) >= 11 is 0. The van der Waals surface area contributed by atoms with Crippen LogP contribution in [0.3, 0.4) is 0 Å². The highest BCUT2D eigenvalue weighted by Gasteiger charge is 2.30. The predicted molar refractivity (Wildman–Crippen MR) is 386 cm³/mol. The van der Waals surface area contributed by atoms with Gasteiger partial charge >= 0.3 is 39.5 Å². The Hall–Kier alpha value is -2.46. The van der Waals surface area contributed by atoms with E-state index in [1.165, 1.54) is 148 Å². The molecule has 560 valence electrons. The number of aliphatic hydroxyl groups excluding tert-OH is 1. The van der Waals surface area contributed by atoms with Crippen LogP contribution in [-0.4, -0.2) is 96.7 Å². The molecule has 0 aliphatic heterocycles. The molecule has 0 bridgehead atoms. The third kappa shape index (κ3) is 69.8. The average Bonchev–Trinajstić information content (AvgIpc) is 2.84. The number of carbonyl (C=O) groups is 4. The number of aliphatic hydroxyl groups is 1. The molecule has 0 aromatic rings. The monoisotopic (exact) mass is 1390 g/mol. The molecule has 0 amide bonds. The van der Waals surface area contributed by atoms with Crippen LogP contribution in [0.15, 0.2) is 24.3 Å². The van der Waals surface area contributed by atoms with Gasteiger partial charge in [-0.15, -0.1) is 0 Å². The van der Waals surface area contributed by atoms with Crippen LogP contribution >= 0.6 is 15.6 Å². The molecule has 2 unspecified atom stereocenters. The number of esters is 4. The molecule has 95 heavy (non-hydrogen) atoms. The minimum atomic E-state index is -4.96. The molecule has 0 saturated carbocycles. The second-order valence-electron chi connectivity index (χ2n) is 28.1. The fourth-order valence-corrected chi connectivity index (χ4v) is 12.6. The first-order valence-corrected chi connectivity index (χ1v) is 41.7. The van der Waals surface area contributed by atoms with Crippen LogP contribution in [0.25, 0.3) is 0 Å². The Morgan fingerprint density at radius 2 is 0.568 bits per heavy atom. The number of hydrogen-bond donors (Lipinski definition) is 3. The lowest BCUT2D eigenvalue weighted by Gasteiger charge is -2.21. The van der Waals surface area contributed by atoms with E-state index in [9.17, 15) is 43.2 Å². The maximum absolute atomic E-state index is 13.1. The number of allylic oxidation sites excluding steroid dienone is 4. The maximum Gasteiger partial charge on any atom is 0.472 e. The first-order chi connectivity index (χ1) is 45.7. The van der Waals surface area contributed by atoms with Crippen molar-refractivity contribution in [2.45, 2.75) is 381 Å². The van der Waals surface area contributed by atoms with Crippen molar-refractivity contribution in [3.63, 3.8) is 0 Å². The van der Waals surface area contributed by atoms with Crippen molar-refractivity contribution in [3.8, 4) is 0 Å². The van der Waals surface area contributed by atoms with Gasteiger partial charge in [0.1, 0.15) is 19.3 Å². The fourth-order valence-electron chi connectivity index (χ4n) is 11.1. The van der Waals surface area contributed by atoms with Gasteiger partial charge < -0.3 is 33.8 Å². The van der Waals surface area contributed by atoms with Crippen molar-refractivity contribution < 1.29 is 80.2 Å². The smallest absolute Gasteiger partial charge is 0.462 e. The second-order valence-corrected chi connectivity index (χ2v) is 31.0. The van der Waals surface area contributed by atoms with E-state index in [0.717, 1.165) is 121 Å². The molecule has 0 saturated heterocycles. The molecule has 0 aliphatic rings. The van der Waals surface area contributed by atoms with E-state index < -0.39 is 97.5 Å².